The zero-order valence-electron chi connectivity index (χ0n) is 15.9. The third-order valence-electron chi connectivity index (χ3n) is 4.81. The first kappa shape index (κ1) is 20.3. The molecule has 0 radical (unpaired) electrons. The van der Waals surface area contributed by atoms with Crippen molar-refractivity contribution in [2.75, 3.05) is 5.32 Å². The van der Waals surface area contributed by atoms with Gasteiger partial charge in [-0.2, -0.15) is 0 Å². The molecule has 0 atom stereocenters. The van der Waals surface area contributed by atoms with Gasteiger partial charge in [-0.3, -0.25) is 24.6 Å². The topological polar surface area (TPSA) is 79.4 Å². The highest BCUT2D eigenvalue weighted by Gasteiger charge is 2.28. The van der Waals surface area contributed by atoms with Crippen molar-refractivity contribution in [3.63, 3.8) is 0 Å². The zero-order valence-corrected chi connectivity index (χ0v) is 17.5. The molecule has 8 heteroatoms. The standard InChI is InChI=1S/C22H18ClN3O3S/c23-18-4-2-1-3-16(18)11-17-12-24-22(30-17)25-21(29)15-7-5-14(6-8-15)13-26-19(27)9-10-20(26)28/h1-8,12H,9-11,13H2,(H,24,25,29). The summed E-state index contributed by atoms with van der Waals surface area (Å²) in [4.78, 5) is 42.5. The zero-order chi connectivity index (χ0) is 21.1. The number of amides is 3. The molecule has 3 aromatic rings. The van der Waals surface area contributed by atoms with E-state index >= 15 is 0 Å². The average molecular weight is 440 g/mol. The lowest BCUT2D eigenvalue weighted by Crippen LogP contribution is -2.28. The third-order valence-corrected chi connectivity index (χ3v) is 6.09. The van der Waals surface area contributed by atoms with Crippen molar-refractivity contribution in [3.8, 4) is 0 Å². The molecular weight excluding hydrogens is 422 g/mol. The molecule has 6 nitrogen and oxygen atoms in total. The van der Waals surface area contributed by atoms with Crippen LogP contribution in [-0.2, 0) is 22.6 Å². The summed E-state index contributed by atoms with van der Waals surface area (Å²) in [5.74, 6) is -0.579. The number of hydrogen-bond acceptors (Lipinski definition) is 5. The summed E-state index contributed by atoms with van der Waals surface area (Å²) in [6.45, 7) is 0.234. The first-order valence-electron chi connectivity index (χ1n) is 9.41. The minimum Gasteiger partial charge on any atom is -0.298 e. The largest absolute Gasteiger partial charge is 0.298 e. The number of aromatic nitrogens is 1. The minimum absolute atomic E-state index is 0.154. The molecule has 0 spiro atoms. The monoisotopic (exact) mass is 439 g/mol. The summed E-state index contributed by atoms with van der Waals surface area (Å²) in [6, 6.07) is 14.5. The summed E-state index contributed by atoms with van der Waals surface area (Å²) in [6.07, 6.45) is 2.92. The normalized spacial score (nSPS) is 13.7. The summed E-state index contributed by atoms with van der Waals surface area (Å²) < 4.78 is 0. The minimum atomic E-state index is -0.270. The van der Waals surface area contributed by atoms with Crippen molar-refractivity contribution in [1.82, 2.24) is 9.88 Å². The molecule has 4 rings (SSSR count). The van der Waals surface area contributed by atoms with Crippen LogP contribution in [0.2, 0.25) is 5.02 Å². The number of likely N-dealkylation sites (tertiary alicyclic amines) is 1. The Labute approximate surface area is 182 Å². The molecular formula is C22H18ClN3O3S. The summed E-state index contributed by atoms with van der Waals surface area (Å²) in [5.41, 5.74) is 2.28. The first-order chi connectivity index (χ1) is 14.5. The number of thiazole rings is 1. The van der Waals surface area contributed by atoms with Crippen LogP contribution in [0.3, 0.4) is 0 Å². The Morgan fingerprint density at radius 3 is 2.47 bits per heavy atom. The second-order valence-electron chi connectivity index (χ2n) is 6.92. The van der Waals surface area contributed by atoms with Crippen LogP contribution in [-0.4, -0.2) is 27.6 Å². The molecule has 30 heavy (non-hydrogen) atoms. The number of hydrogen-bond donors (Lipinski definition) is 1. The van der Waals surface area contributed by atoms with E-state index in [0.717, 1.165) is 16.0 Å². The van der Waals surface area contributed by atoms with Gasteiger partial charge in [0.25, 0.3) is 5.91 Å². The Hall–Kier alpha value is -3.03. The molecule has 1 aliphatic heterocycles. The molecule has 0 bridgehead atoms. The van der Waals surface area contributed by atoms with Crippen molar-refractivity contribution >= 4 is 45.8 Å². The van der Waals surface area contributed by atoms with E-state index < -0.39 is 0 Å². The van der Waals surface area contributed by atoms with Crippen LogP contribution in [0.4, 0.5) is 5.13 Å². The van der Waals surface area contributed by atoms with E-state index in [1.807, 2.05) is 24.3 Å². The number of imide groups is 1. The van der Waals surface area contributed by atoms with Crippen LogP contribution >= 0.6 is 22.9 Å². The SMILES string of the molecule is O=C(Nc1ncc(Cc2ccccc2Cl)s1)c1ccc(CN2C(=O)CCC2=O)cc1. The molecule has 1 saturated heterocycles. The van der Waals surface area contributed by atoms with Gasteiger partial charge in [-0.25, -0.2) is 4.98 Å². The first-order valence-corrected chi connectivity index (χ1v) is 10.6. The fourth-order valence-corrected chi connectivity index (χ4v) is 4.22. The lowest BCUT2D eigenvalue weighted by molar-refractivity contribution is -0.139. The van der Waals surface area contributed by atoms with Gasteiger partial charge in [-0.15, -0.1) is 11.3 Å². The van der Waals surface area contributed by atoms with Crippen LogP contribution in [0.5, 0.6) is 0 Å². The van der Waals surface area contributed by atoms with Gasteiger partial charge in [0, 0.05) is 40.9 Å². The fourth-order valence-electron chi connectivity index (χ4n) is 3.19. The number of carbonyl (C=O) groups excluding carboxylic acids is 3. The molecule has 1 N–H and O–H groups in total. The van der Waals surface area contributed by atoms with Gasteiger partial charge in [-0.1, -0.05) is 41.9 Å². The van der Waals surface area contributed by atoms with Crippen LogP contribution in [0, 0.1) is 0 Å². The van der Waals surface area contributed by atoms with Gasteiger partial charge in [0.05, 0.1) is 6.54 Å². The second-order valence-corrected chi connectivity index (χ2v) is 8.45. The molecule has 3 amide bonds. The van der Waals surface area contributed by atoms with E-state index in [1.54, 1.807) is 30.5 Å². The fraction of sp³-hybridized carbons (Fsp3) is 0.182. The highest BCUT2D eigenvalue weighted by molar-refractivity contribution is 7.15. The van der Waals surface area contributed by atoms with Gasteiger partial charge in [0.2, 0.25) is 11.8 Å². The van der Waals surface area contributed by atoms with E-state index in [4.69, 9.17) is 11.6 Å². The number of rotatable bonds is 6. The molecule has 1 aromatic heterocycles. The lowest BCUT2D eigenvalue weighted by Gasteiger charge is -2.13. The molecule has 1 fully saturated rings. The van der Waals surface area contributed by atoms with Gasteiger partial charge in [0.15, 0.2) is 5.13 Å². The number of anilines is 1. The van der Waals surface area contributed by atoms with Crippen LogP contribution in [0.1, 0.15) is 39.2 Å². The number of benzene rings is 2. The van der Waals surface area contributed by atoms with E-state index in [9.17, 15) is 14.4 Å². The van der Waals surface area contributed by atoms with Gasteiger partial charge >= 0.3 is 0 Å². The quantitative estimate of drug-likeness (QED) is 0.581. The maximum Gasteiger partial charge on any atom is 0.257 e. The molecule has 152 valence electrons. The van der Waals surface area contributed by atoms with Gasteiger partial charge < -0.3 is 0 Å². The molecule has 0 aliphatic carbocycles. The molecule has 2 aromatic carbocycles. The predicted molar refractivity (Wildman–Crippen MR) is 116 cm³/mol. The van der Waals surface area contributed by atoms with Crippen molar-refractivity contribution in [3.05, 3.63) is 81.3 Å². The van der Waals surface area contributed by atoms with Gasteiger partial charge in [-0.05, 0) is 29.3 Å². The van der Waals surface area contributed by atoms with E-state index in [0.29, 0.717) is 22.1 Å². The van der Waals surface area contributed by atoms with E-state index in [1.165, 1.54) is 16.2 Å². The Morgan fingerprint density at radius 2 is 1.77 bits per heavy atom. The van der Waals surface area contributed by atoms with E-state index in [2.05, 4.69) is 10.3 Å². The number of halogens is 1. The summed E-state index contributed by atoms with van der Waals surface area (Å²) in [7, 11) is 0. The van der Waals surface area contributed by atoms with Crippen LogP contribution in [0.25, 0.3) is 0 Å². The highest BCUT2D eigenvalue weighted by Crippen LogP contribution is 2.25. The van der Waals surface area contributed by atoms with Crippen molar-refractivity contribution < 1.29 is 14.4 Å². The Morgan fingerprint density at radius 1 is 1.07 bits per heavy atom. The third kappa shape index (κ3) is 4.58. The molecule has 1 aliphatic rings. The molecule has 0 saturated carbocycles. The number of nitrogens with one attached hydrogen (secondary N) is 1. The maximum absolute atomic E-state index is 12.5. The van der Waals surface area contributed by atoms with Crippen LogP contribution in [0.15, 0.2) is 54.7 Å². The smallest absolute Gasteiger partial charge is 0.257 e. The van der Waals surface area contributed by atoms with Crippen molar-refractivity contribution in [2.45, 2.75) is 25.8 Å². The van der Waals surface area contributed by atoms with Crippen LogP contribution < -0.4 is 5.32 Å². The number of nitrogens with zero attached hydrogens (tertiary/aromatic N) is 2. The van der Waals surface area contributed by atoms with Crippen molar-refractivity contribution in [2.24, 2.45) is 0 Å². The average Bonchev–Trinajstić information content (AvgIpc) is 3.31. The lowest BCUT2D eigenvalue weighted by atomic mass is 10.1. The summed E-state index contributed by atoms with van der Waals surface area (Å²) in [5, 5.41) is 4.02. The maximum atomic E-state index is 12.5. The molecule has 0 unspecified atom stereocenters. The Bertz CT molecular complexity index is 1090. The molecule has 2 heterocycles. The number of carbonyl (C=O) groups is 3. The highest BCUT2D eigenvalue weighted by atomic mass is 35.5. The van der Waals surface area contributed by atoms with E-state index in [-0.39, 0.29) is 37.1 Å². The van der Waals surface area contributed by atoms with Crippen molar-refractivity contribution in [1.29, 1.82) is 0 Å². The Kier molecular flexibility index (Phi) is 5.92. The van der Waals surface area contributed by atoms with Gasteiger partial charge in [0.1, 0.15) is 0 Å². The Balaban J connectivity index is 1.37. The predicted octanol–water partition coefficient (Wildman–Crippen LogP) is 4.29. The second kappa shape index (κ2) is 8.77. The summed E-state index contributed by atoms with van der Waals surface area (Å²) >= 11 is 7.60.